The zero-order valence-corrected chi connectivity index (χ0v) is 13.0. The molecule has 0 radical (unpaired) electrons. The topological polar surface area (TPSA) is 75.4 Å². The molecule has 2 rings (SSSR count). The second-order valence-electron chi connectivity index (χ2n) is 4.76. The zero-order chi connectivity index (χ0) is 15.7. The van der Waals surface area contributed by atoms with Gasteiger partial charge in [-0.2, -0.15) is 0 Å². The van der Waals surface area contributed by atoms with Crippen molar-refractivity contribution < 1.29 is 9.90 Å². The van der Waals surface area contributed by atoms with E-state index in [1.165, 1.54) is 12.1 Å². The molecule has 1 amide bonds. The van der Waals surface area contributed by atoms with Gasteiger partial charge < -0.3 is 16.2 Å². The molecule has 0 unspecified atom stereocenters. The molecule has 2 aromatic carbocycles. The van der Waals surface area contributed by atoms with Crippen molar-refractivity contribution in [3.8, 4) is 5.75 Å². The molecule has 0 aliphatic heterocycles. The standard InChI is InChI=1S/C15H14Cl2N2O2/c1-7-4-13(20)8(2)3-12(7)19-15(21)9-5-10(16)14(18)11(17)6-9/h3-6,20H,18H2,1-2H3,(H,19,21). The molecule has 6 heteroatoms. The Bertz CT molecular complexity index is 707. The quantitative estimate of drug-likeness (QED) is 0.573. The molecular weight excluding hydrogens is 311 g/mol. The predicted molar refractivity (Wildman–Crippen MR) is 86.4 cm³/mol. The van der Waals surface area contributed by atoms with Crippen LogP contribution < -0.4 is 11.1 Å². The number of benzene rings is 2. The average Bonchev–Trinajstić information content (AvgIpc) is 2.41. The molecule has 110 valence electrons. The molecule has 4 nitrogen and oxygen atoms in total. The van der Waals surface area contributed by atoms with Gasteiger partial charge in [-0.3, -0.25) is 4.79 Å². The Balaban J connectivity index is 2.32. The van der Waals surface area contributed by atoms with Crippen molar-refractivity contribution in [2.24, 2.45) is 0 Å². The number of amides is 1. The number of phenolic OH excluding ortho intramolecular Hbond substituents is 1. The normalized spacial score (nSPS) is 10.5. The third kappa shape index (κ3) is 3.23. The molecular formula is C15H14Cl2N2O2. The van der Waals surface area contributed by atoms with E-state index in [0.29, 0.717) is 16.8 Å². The first-order valence-corrected chi connectivity index (χ1v) is 6.91. The van der Waals surface area contributed by atoms with Crippen molar-refractivity contribution >= 4 is 40.5 Å². The molecule has 0 aliphatic rings. The lowest BCUT2D eigenvalue weighted by Gasteiger charge is -2.11. The number of hydrogen-bond acceptors (Lipinski definition) is 3. The number of rotatable bonds is 2. The summed E-state index contributed by atoms with van der Waals surface area (Å²) in [5, 5.41) is 12.8. The fraction of sp³-hybridized carbons (Fsp3) is 0.133. The Hall–Kier alpha value is -1.91. The molecule has 4 N–H and O–H groups in total. The van der Waals surface area contributed by atoms with Gasteiger partial charge in [-0.25, -0.2) is 0 Å². The third-order valence-corrected chi connectivity index (χ3v) is 3.76. The summed E-state index contributed by atoms with van der Waals surface area (Å²) in [6.45, 7) is 3.54. The summed E-state index contributed by atoms with van der Waals surface area (Å²) in [6.07, 6.45) is 0. The number of carbonyl (C=O) groups excluding carboxylic acids is 1. The summed E-state index contributed by atoms with van der Waals surface area (Å²) in [7, 11) is 0. The number of aromatic hydroxyl groups is 1. The number of halogens is 2. The highest BCUT2D eigenvalue weighted by molar-refractivity contribution is 6.39. The number of aryl methyl sites for hydroxylation is 2. The van der Waals surface area contributed by atoms with Crippen LogP contribution >= 0.6 is 23.2 Å². The lowest BCUT2D eigenvalue weighted by molar-refractivity contribution is 0.102. The van der Waals surface area contributed by atoms with Crippen LogP contribution in [0.4, 0.5) is 11.4 Å². The van der Waals surface area contributed by atoms with Crippen LogP contribution in [-0.2, 0) is 0 Å². The minimum absolute atomic E-state index is 0.184. The van der Waals surface area contributed by atoms with Crippen LogP contribution in [0.1, 0.15) is 21.5 Å². The monoisotopic (exact) mass is 324 g/mol. The number of hydrogen-bond donors (Lipinski definition) is 3. The van der Waals surface area contributed by atoms with E-state index >= 15 is 0 Å². The molecule has 0 bridgehead atoms. The van der Waals surface area contributed by atoms with Gasteiger partial charge >= 0.3 is 0 Å². The third-order valence-electron chi connectivity index (χ3n) is 3.13. The molecule has 0 fully saturated rings. The molecule has 0 aromatic heterocycles. The number of nitrogens with one attached hydrogen (secondary N) is 1. The lowest BCUT2D eigenvalue weighted by Crippen LogP contribution is -2.13. The van der Waals surface area contributed by atoms with E-state index < -0.39 is 0 Å². The SMILES string of the molecule is Cc1cc(NC(=O)c2cc(Cl)c(N)c(Cl)c2)c(C)cc1O. The van der Waals surface area contributed by atoms with Gasteiger partial charge in [-0.05, 0) is 49.2 Å². The molecule has 2 aromatic rings. The molecule has 0 saturated carbocycles. The van der Waals surface area contributed by atoms with Crippen LogP contribution in [0.5, 0.6) is 5.75 Å². The van der Waals surface area contributed by atoms with E-state index in [9.17, 15) is 9.90 Å². The van der Waals surface area contributed by atoms with E-state index in [2.05, 4.69) is 5.32 Å². The highest BCUT2D eigenvalue weighted by Crippen LogP contribution is 2.30. The van der Waals surface area contributed by atoms with Crippen LogP contribution in [0, 0.1) is 13.8 Å². The molecule has 0 saturated heterocycles. The van der Waals surface area contributed by atoms with E-state index in [1.807, 2.05) is 0 Å². The van der Waals surface area contributed by atoms with Gasteiger partial charge in [0.15, 0.2) is 0 Å². The van der Waals surface area contributed by atoms with Crippen LogP contribution in [0.3, 0.4) is 0 Å². The van der Waals surface area contributed by atoms with Crippen molar-refractivity contribution in [2.45, 2.75) is 13.8 Å². The minimum Gasteiger partial charge on any atom is -0.508 e. The molecule has 0 aliphatic carbocycles. The van der Waals surface area contributed by atoms with Crippen molar-refractivity contribution in [3.05, 3.63) is 51.0 Å². The number of nitrogens with two attached hydrogens (primary N) is 1. The fourth-order valence-electron chi connectivity index (χ4n) is 1.85. The molecule has 0 spiro atoms. The Labute approximate surface area is 132 Å². The highest BCUT2D eigenvalue weighted by atomic mass is 35.5. The predicted octanol–water partition coefficient (Wildman–Crippen LogP) is 4.15. The number of nitrogen functional groups attached to an aromatic ring is 1. The van der Waals surface area contributed by atoms with Crippen molar-refractivity contribution in [1.82, 2.24) is 0 Å². The zero-order valence-electron chi connectivity index (χ0n) is 11.5. The summed E-state index contributed by atoms with van der Waals surface area (Å²) in [5.74, 6) is -0.170. The highest BCUT2D eigenvalue weighted by Gasteiger charge is 2.13. The van der Waals surface area contributed by atoms with Gasteiger partial charge in [-0.1, -0.05) is 23.2 Å². The van der Waals surface area contributed by atoms with Crippen molar-refractivity contribution in [2.75, 3.05) is 11.1 Å². The Kier molecular flexibility index (Phi) is 4.30. The van der Waals surface area contributed by atoms with Crippen LogP contribution in [-0.4, -0.2) is 11.0 Å². The number of carbonyl (C=O) groups is 1. The Morgan fingerprint density at radius 1 is 1.10 bits per heavy atom. The smallest absolute Gasteiger partial charge is 0.255 e. The van der Waals surface area contributed by atoms with Gasteiger partial charge in [0.05, 0.1) is 15.7 Å². The number of phenols is 1. The fourth-order valence-corrected chi connectivity index (χ4v) is 2.33. The van der Waals surface area contributed by atoms with E-state index in [-0.39, 0.29) is 27.4 Å². The first-order valence-electron chi connectivity index (χ1n) is 6.15. The van der Waals surface area contributed by atoms with Gasteiger partial charge in [-0.15, -0.1) is 0 Å². The average molecular weight is 325 g/mol. The maximum Gasteiger partial charge on any atom is 0.255 e. The first-order chi connectivity index (χ1) is 9.79. The van der Waals surface area contributed by atoms with E-state index in [0.717, 1.165) is 5.56 Å². The largest absolute Gasteiger partial charge is 0.508 e. The summed E-state index contributed by atoms with van der Waals surface area (Å²) < 4.78 is 0. The molecule has 0 heterocycles. The summed E-state index contributed by atoms with van der Waals surface area (Å²) in [6, 6.07) is 6.21. The lowest BCUT2D eigenvalue weighted by atomic mass is 10.1. The summed E-state index contributed by atoms with van der Waals surface area (Å²) >= 11 is 11.8. The Morgan fingerprint density at radius 2 is 1.67 bits per heavy atom. The van der Waals surface area contributed by atoms with Crippen LogP contribution in [0.15, 0.2) is 24.3 Å². The summed E-state index contributed by atoms with van der Waals surface area (Å²) in [4.78, 5) is 12.2. The second kappa shape index (κ2) is 5.84. The first kappa shape index (κ1) is 15.5. The maximum absolute atomic E-state index is 12.2. The molecule has 0 atom stereocenters. The van der Waals surface area contributed by atoms with Crippen molar-refractivity contribution in [1.29, 1.82) is 0 Å². The Morgan fingerprint density at radius 3 is 2.24 bits per heavy atom. The number of anilines is 2. The second-order valence-corrected chi connectivity index (χ2v) is 5.58. The van der Waals surface area contributed by atoms with Gasteiger partial charge in [0.2, 0.25) is 0 Å². The summed E-state index contributed by atoms with van der Waals surface area (Å²) in [5.41, 5.74) is 8.22. The van der Waals surface area contributed by atoms with Gasteiger partial charge in [0.1, 0.15) is 5.75 Å². The van der Waals surface area contributed by atoms with Crippen LogP contribution in [0.2, 0.25) is 10.0 Å². The minimum atomic E-state index is -0.355. The van der Waals surface area contributed by atoms with E-state index in [1.54, 1.807) is 26.0 Å². The van der Waals surface area contributed by atoms with E-state index in [4.69, 9.17) is 28.9 Å². The van der Waals surface area contributed by atoms with Crippen LogP contribution in [0.25, 0.3) is 0 Å². The van der Waals surface area contributed by atoms with Gasteiger partial charge in [0.25, 0.3) is 5.91 Å². The van der Waals surface area contributed by atoms with Crippen molar-refractivity contribution in [3.63, 3.8) is 0 Å². The van der Waals surface area contributed by atoms with Gasteiger partial charge in [0, 0.05) is 11.3 Å². The maximum atomic E-state index is 12.2. The molecule has 21 heavy (non-hydrogen) atoms.